The van der Waals surface area contributed by atoms with E-state index < -0.39 is 29.6 Å². The quantitative estimate of drug-likeness (QED) is 0.0773. The van der Waals surface area contributed by atoms with Crippen LogP contribution in [0.1, 0.15) is 44.7 Å². The van der Waals surface area contributed by atoms with Crippen LogP contribution in [0.3, 0.4) is 0 Å². The second kappa shape index (κ2) is 13.6. The third kappa shape index (κ3) is 7.12. The largest absolute Gasteiger partial charge is 0.480 e. The molecule has 0 saturated heterocycles. The molecule has 0 aliphatic heterocycles. The Labute approximate surface area is 260 Å². The number of amides is 2. The number of hydrogen-bond acceptors (Lipinski definition) is 11. The van der Waals surface area contributed by atoms with E-state index in [1.54, 1.807) is 54.6 Å². The van der Waals surface area contributed by atoms with Gasteiger partial charge in [-0.25, -0.2) is 19.3 Å². The van der Waals surface area contributed by atoms with Gasteiger partial charge in [-0.15, -0.1) is 5.10 Å². The average molecular weight is 628 g/mol. The number of aromatic amines is 1. The van der Waals surface area contributed by atoms with E-state index in [4.69, 9.17) is 17.2 Å². The molecule has 0 bridgehead atoms. The van der Waals surface area contributed by atoms with Crippen molar-refractivity contribution in [2.24, 2.45) is 0 Å². The number of hydrogen-bond donors (Lipinski definition) is 7. The minimum Gasteiger partial charge on any atom is -0.480 e. The van der Waals surface area contributed by atoms with Crippen LogP contribution in [0.15, 0.2) is 54.6 Å². The lowest BCUT2D eigenvalue weighted by Crippen LogP contribution is -2.41. The highest BCUT2D eigenvalue weighted by Gasteiger charge is 2.21. The number of H-pyrrole nitrogens is 1. The molecule has 2 heterocycles. The molecule has 15 nitrogen and oxygen atoms in total. The van der Waals surface area contributed by atoms with Gasteiger partial charge in [0.15, 0.2) is 5.82 Å². The molecule has 0 aliphatic rings. The van der Waals surface area contributed by atoms with Crippen molar-refractivity contribution in [2.75, 3.05) is 23.7 Å². The van der Waals surface area contributed by atoms with E-state index in [1.165, 1.54) is 0 Å². The van der Waals surface area contributed by atoms with E-state index in [-0.39, 0.29) is 53.5 Å². The van der Waals surface area contributed by atoms with Gasteiger partial charge in [0.05, 0.1) is 16.5 Å². The Morgan fingerprint density at radius 3 is 2.46 bits per heavy atom. The zero-order chi connectivity index (χ0) is 32.8. The molecule has 0 aliphatic carbocycles. The highest BCUT2D eigenvalue weighted by molar-refractivity contribution is 6.00. The molecule has 0 radical (unpaired) electrons. The summed E-state index contributed by atoms with van der Waals surface area (Å²) in [4.78, 5) is 45.3. The molecular formula is C30H30FN11O4. The number of carbonyl (C=O) groups is 3. The fourth-order valence-corrected chi connectivity index (χ4v) is 4.90. The lowest BCUT2D eigenvalue weighted by Gasteiger charge is -2.15. The molecule has 16 heteroatoms. The van der Waals surface area contributed by atoms with E-state index >= 15 is 4.39 Å². The maximum atomic E-state index is 15.1. The first-order valence-corrected chi connectivity index (χ1v) is 14.1. The number of aliphatic carboxylic acids is 1. The Morgan fingerprint density at radius 2 is 1.74 bits per heavy atom. The molecule has 46 heavy (non-hydrogen) atoms. The number of aromatic nitrogens is 6. The Balaban J connectivity index is 1.13. The molecule has 1 unspecified atom stereocenters. The predicted octanol–water partition coefficient (Wildman–Crippen LogP) is 1.87. The maximum Gasteiger partial charge on any atom is 0.326 e. The molecule has 0 saturated carbocycles. The van der Waals surface area contributed by atoms with Crippen molar-refractivity contribution in [1.82, 2.24) is 41.2 Å². The van der Waals surface area contributed by atoms with Crippen LogP contribution in [0.5, 0.6) is 0 Å². The first kappa shape index (κ1) is 31.2. The van der Waals surface area contributed by atoms with Crippen molar-refractivity contribution in [3.63, 3.8) is 0 Å². The van der Waals surface area contributed by atoms with Crippen LogP contribution in [-0.4, -0.2) is 66.1 Å². The number of anilines is 3. The topological polar surface area (TPSA) is 254 Å². The summed E-state index contributed by atoms with van der Waals surface area (Å²) in [6.45, 7) is 0.150. The van der Waals surface area contributed by atoms with Crippen LogP contribution < -0.4 is 27.8 Å². The van der Waals surface area contributed by atoms with Gasteiger partial charge >= 0.3 is 5.97 Å². The summed E-state index contributed by atoms with van der Waals surface area (Å²) >= 11 is 0. The Kier molecular flexibility index (Phi) is 9.25. The molecule has 2 aromatic heterocycles. The first-order chi connectivity index (χ1) is 22.1. The molecule has 3 aromatic carbocycles. The third-order valence-electron chi connectivity index (χ3n) is 7.27. The summed E-state index contributed by atoms with van der Waals surface area (Å²) in [6, 6.07) is 13.3. The number of fused-ring (bicyclic) bond motifs is 1. The molecule has 0 fully saturated rings. The maximum absolute atomic E-state index is 15.1. The monoisotopic (exact) mass is 627 g/mol. The van der Waals surface area contributed by atoms with E-state index in [2.05, 4.69) is 41.2 Å². The Hall–Kier alpha value is -6.19. The molecular weight excluding hydrogens is 597 g/mol. The lowest BCUT2D eigenvalue weighted by atomic mass is 10.0. The zero-order valence-electron chi connectivity index (χ0n) is 24.3. The lowest BCUT2D eigenvalue weighted by molar-refractivity contribution is -0.139. The van der Waals surface area contributed by atoms with Crippen molar-refractivity contribution in [1.29, 1.82) is 0 Å². The van der Waals surface area contributed by atoms with Crippen LogP contribution in [0.4, 0.5) is 21.8 Å². The van der Waals surface area contributed by atoms with Gasteiger partial charge in [0.25, 0.3) is 11.8 Å². The van der Waals surface area contributed by atoms with Crippen LogP contribution in [0.2, 0.25) is 0 Å². The minimum atomic E-state index is -1.21. The number of nitrogen functional groups attached to an aromatic ring is 3. The number of nitrogens with zero attached hydrogens (tertiary/aromatic N) is 5. The molecule has 5 aromatic rings. The standard InChI is InChI=1S/C30H30FN11O4/c31-24-16(9-12-21-23(24)25(33)38-30(34)37-21)6-3-15-4-7-17(8-5-15)27(43)36-22(29(45)46)2-1-13-35-28(44)19-11-10-18(32)14-20(19)26-39-41-42-40-26/h4-5,7-12,14,22H,1-3,6,13,32H2,(H,35,44)(H,36,43)(H,45,46)(H4,33,34,37,38)(H,39,40,41,42). The van der Waals surface area contributed by atoms with Gasteiger partial charge in [-0.2, -0.15) is 4.98 Å². The van der Waals surface area contributed by atoms with E-state index in [1.807, 2.05) is 0 Å². The number of nitrogens with two attached hydrogens (primary N) is 3. The van der Waals surface area contributed by atoms with Crippen LogP contribution in [0, 0.1) is 5.82 Å². The molecule has 5 rings (SSSR count). The van der Waals surface area contributed by atoms with Gasteiger partial charge in [0.2, 0.25) is 5.95 Å². The highest BCUT2D eigenvalue weighted by Crippen LogP contribution is 2.26. The fourth-order valence-electron chi connectivity index (χ4n) is 4.90. The average Bonchev–Trinajstić information content (AvgIpc) is 3.57. The number of carboxylic acid groups (broad SMARTS) is 1. The smallest absolute Gasteiger partial charge is 0.326 e. The van der Waals surface area contributed by atoms with E-state index in [9.17, 15) is 19.5 Å². The number of tetrazole rings is 1. The SMILES string of the molecule is Nc1ccc(C(=O)NCCCC(NC(=O)c2ccc(CCc3ccc4nc(N)nc(N)c4c3F)cc2)C(=O)O)c(-c2nnn[nH]2)c1. The minimum absolute atomic E-state index is 0.0320. The number of aryl methyl sites for hydroxylation is 2. The van der Waals surface area contributed by atoms with Crippen LogP contribution >= 0.6 is 0 Å². The highest BCUT2D eigenvalue weighted by atomic mass is 19.1. The summed E-state index contributed by atoms with van der Waals surface area (Å²) < 4.78 is 15.1. The van der Waals surface area contributed by atoms with Crippen LogP contribution in [0.25, 0.3) is 22.3 Å². The number of benzene rings is 3. The predicted molar refractivity (Wildman–Crippen MR) is 167 cm³/mol. The normalized spacial score (nSPS) is 11.7. The van der Waals surface area contributed by atoms with Crippen molar-refractivity contribution in [2.45, 2.75) is 31.7 Å². The van der Waals surface area contributed by atoms with Gasteiger partial charge in [-0.05, 0) is 83.6 Å². The Morgan fingerprint density at radius 1 is 0.957 bits per heavy atom. The number of carbonyl (C=O) groups excluding carboxylic acids is 2. The summed E-state index contributed by atoms with van der Waals surface area (Å²) in [5.74, 6) is -2.50. The molecule has 236 valence electrons. The van der Waals surface area contributed by atoms with Gasteiger partial charge in [-0.3, -0.25) is 9.59 Å². The number of rotatable bonds is 12. The van der Waals surface area contributed by atoms with Crippen LogP contribution in [-0.2, 0) is 17.6 Å². The van der Waals surface area contributed by atoms with Crippen molar-refractivity contribution >= 4 is 46.1 Å². The van der Waals surface area contributed by atoms with Crippen molar-refractivity contribution in [3.8, 4) is 11.4 Å². The summed E-state index contributed by atoms with van der Waals surface area (Å²) in [5, 5.41) is 28.5. The molecule has 1 atom stereocenters. The summed E-state index contributed by atoms with van der Waals surface area (Å²) in [6.07, 6.45) is 1.16. The van der Waals surface area contributed by atoms with Crippen molar-refractivity contribution in [3.05, 3.63) is 82.7 Å². The van der Waals surface area contributed by atoms with E-state index in [0.29, 0.717) is 35.2 Å². The first-order valence-electron chi connectivity index (χ1n) is 14.1. The Bertz CT molecular complexity index is 1900. The van der Waals surface area contributed by atoms with Crippen molar-refractivity contribution < 1.29 is 23.9 Å². The fraction of sp³-hybridized carbons (Fsp3) is 0.200. The molecule has 0 spiro atoms. The van der Waals surface area contributed by atoms with Gasteiger partial charge in [-0.1, -0.05) is 18.2 Å². The van der Waals surface area contributed by atoms with E-state index in [0.717, 1.165) is 5.56 Å². The summed E-state index contributed by atoms with van der Waals surface area (Å²) in [5.41, 5.74) is 20.3. The third-order valence-corrected chi connectivity index (χ3v) is 7.27. The van der Waals surface area contributed by atoms with Gasteiger partial charge < -0.3 is 32.9 Å². The number of carboxylic acids is 1. The second-order valence-corrected chi connectivity index (χ2v) is 10.4. The van der Waals surface area contributed by atoms with Gasteiger partial charge in [0, 0.05) is 23.4 Å². The summed E-state index contributed by atoms with van der Waals surface area (Å²) in [7, 11) is 0. The zero-order valence-corrected chi connectivity index (χ0v) is 24.3. The molecule has 10 N–H and O–H groups in total. The number of nitrogens with one attached hydrogen (secondary N) is 3. The molecule has 2 amide bonds. The van der Waals surface area contributed by atoms with Gasteiger partial charge in [0.1, 0.15) is 17.7 Å². The number of halogens is 1. The second-order valence-electron chi connectivity index (χ2n) is 10.4.